The maximum absolute atomic E-state index is 5.78. The number of aryl methyl sites for hydroxylation is 1. The molecule has 1 aliphatic rings. The highest BCUT2D eigenvalue weighted by molar-refractivity contribution is 5.37. The molecule has 2 unspecified atom stereocenters. The highest BCUT2D eigenvalue weighted by Crippen LogP contribution is 2.34. The molecule has 1 aliphatic heterocycles. The molecule has 106 valence electrons. The Morgan fingerprint density at radius 1 is 1.40 bits per heavy atom. The second-order valence-corrected chi connectivity index (χ2v) is 5.41. The summed E-state index contributed by atoms with van der Waals surface area (Å²) in [4.78, 5) is 4.06. The van der Waals surface area contributed by atoms with Crippen molar-refractivity contribution in [2.75, 3.05) is 13.2 Å². The topological polar surface area (TPSA) is 39.1 Å². The van der Waals surface area contributed by atoms with E-state index >= 15 is 0 Å². The fraction of sp³-hybridized carbons (Fsp3) is 0.438. The molecule has 0 saturated heterocycles. The van der Waals surface area contributed by atoms with Crippen molar-refractivity contribution in [2.45, 2.75) is 25.9 Å². The summed E-state index contributed by atoms with van der Waals surface area (Å²) in [6, 6.07) is 8.73. The Hall–Kier alpha value is -1.81. The molecule has 4 heteroatoms. The van der Waals surface area contributed by atoms with Gasteiger partial charge in [0, 0.05) is 36.5 Å². The molecule has 0 spiro atoms. The average Bonchev–Trinajstić information content (AvgIpc) is 2.98. The van der Waals surface area contributed by atoms with Crippen molar-refractivity contribution >= 4 is 0 Å². The van der Waals surface area contributed by atoms with Gasteiger partial charge in [0.15, 0.2) is 0 Å². The molecule has 0 radical (unpaired) electrons. The number of imidazole rings is 1. The SMILES string of the molecule is CC1COc2ccccc2C1NCCCn1ccnc1. The Kier molecular flexibility index (Phi) is 4.02. The fourth-order valence-electron chi connectivity index (χ4n) is 2.74. The standard InChI is InChI=1S/C16H21N3O/c1-13-11-20-15-6-3-2-5-14(15)16(13)18-7-4-9-19-10-8-17-12-19/h2-3,5-6,8,10,12-13,16,18H,4,7,9,11H2,1H3. The number of nitrogens with one attached hydrogen (secondary N) is 1. The fourth-order valence-corrected chi connectivity index (χ4v) is 2.74. The summed E-state index contributed by atoms with van der Waals surface area (Å²) in [6.45, 7) is 5.04. The molecule has 1 N–H and O–H groups in total. The molecule has 2 heterocycles. The van der Waals surface area contributed by atoms with Gasteiger partial charge in [0.2, 0.25) is 0 Å². The Morgan fingerprint density at radius 2 is 2.30 bits per heavy atom. The summed E-state index contributed by atoms with van der Waals surface area (Å²) in [6.07, 6.45) is 6.80. The van der Waals surface area contributed by atoms with Crippen molar-refractivity contribution in [3.8, 4) is 5.75 Å². The van der Waals surface area contributed by atoms with E-state index in [-0.39, 0.29) is 0 Å². The number of hydrogen-bond acceptors (Lipinski definition) is 3. The van der Waals surface area contributed by atoms with Gasteiger partial charge in [0.05, 0.1) is 12.9 Å². The lowest BCUT2D eigenvalue weighted by Gasteiger charge is -2.32. The molecule has 2 atom stereocenters. The van der Waals surface area contributed by atoms with Gasteiger partial charge in [-0.2, -0.15) is 0 Å². The lowest BCUT2D eigenvalue weighted by atomic mass is 9.92. The third-order valence-electron chi connectivity index (χ3n) is 3.84. The van der Waals surface area contributed by atoms with Crippen LogP contribution in [0.2, 0.25) is 0 Å². The predicted octanol–water partition coefficient (Wildman–Crippen LogP) is 2.63. The number of fused-ring (bicyclic) bond motifs is 1. The van der Waals surface area contributed by atoms with Gasteiger partial charge in [-0.25, -0.2) is 4.98 Å². The van der Waals surface area contributed by atoms with E-state index in [4.69, 9.17) is 4.74 Å². The van der Waals surface area contributed by atoms with E-state index in [1.807, 2.05) is 24.8 Å². The molecule has 0 saturated carbocycles. The Bertz CT molecular complexity index is 538. The molecule has 0 amide bonds. The minimum absolute atomic E-state index is 0.391. The van der Waals surface area contributed by atoms with Crippen LogP contribution in [0.1, 0.15) is 24.9 Å². The van der Waals surface area contributed by atoms with Crippen LogP contribution in [-0.2, 0) is 6.54 Å². The molecule has 0 bridgehead atoms. The largest absolute Gasteiger partial charge is 0.493 e. The normalized spacial score (nSPS) is 21.2. The van der Waals surface area contributed by atoms with E-state index in [1.54, 1.807) is 0 Å². The number of para-hydroxylation sites is 1. The average molecular weight is 271 g/mol. The molecule has 0 aliphatic carbocycles. The molecule has 0 fully saturated rings. The Balaban J connectivity index is 1.56. The van der Waals surface area contributed by atoms with E-state index in [1.165, 1.54) is 5.56 Å². The van der Waals surface area contributed by atoms with Crippen molar-refractivity contribution in [1.29, 1.82) is 0 Å². The van der Waals surface area contributed by atoms with Crippen LogP contribution in [0.25, 0.3) is 0 Å². The van der Waals surface area contributed by atoms with Crippen LogP contribution in [0.5, 0.6) is 5.75 Å². The monoisotopic (exact) mass is 271 g/mol. The zero-order valence-corrected chi connectivity index (χ0v) is 11.8. The van der Waals surface area contributed by atoms with Crippen molar-refractivity contribution in [3.05, 3.63) is 48.5 Å². The maximum Gasteiger partial charge on any atom is 0.124 e. The van der Waals surface area contributed by atoms with Crippen molar-refractivity contribution in [3.63, 3.8) is 0 Å². The first kappa shape index (κ1) is 13.2. The van der Waals surface area contributed by atoms with Gasteiger partial charge in [-0.05, 0) is 19.0 Å². The van der Waals surface area contributed by atoms with Gasteiger partial charge in [-0.15, -0.1) is 0 Å². The number of aromatic nitrogens is 2. The van der Waals surface area contributed by atoms with Crippen LogP contribution in [0.15, 0.2) is 43.0 Å². The van der Waals surface area contributed by atoms with Gasteiger partial charge < -0.3 is 14.6 Å². The van der Waals surface area contributed by atoms with Crippen molar-refractivity contribution in [1.82, 2.24) is 14.9 Å². The second-order valence-electron chi connectivity index (χ2n) is 5.41. The van der Waals surface area contributed by atoms with E-state index in [0.29, 0.717) is 12.0 Å². The highest BCUT2D eigenvalue weighted by Gasteiger charge is 2.26. The molecule has 1 aromatic heterocycles. The maximum atomic E-state index is 5.78. The first-order valence-corrected chi connectivity index (χ1v) is 7.25. The minimum atomic E-state index is 0.391. The molecular weight excluding hydrogens is 250 g/mol. The summed E-state index contributed by atoms with van der Waals surface area (Å²) in [5.74, 6) is 1.52. The lowest BCUT2D eigenvalue weighted by Crippen LogP contribution is -2.34. The molecule has 1 aromatic carbocycles. The first-order chi connectivity index (χ1) is 9.84. The third-order valence-corrected chi connectivity index (χ3v) is 3.84. The van der Waals surface area contributed by atoms with E-state index < -0.39 is 0 Å². The van der Waals surface area contributed by atoms with E-state index in [0.717, 1.165) is 31.9 Å². The predicted molar refractivity (Wildman–Crippen MR) is 78.7 cm³/mol. The molecular formula is C16H21N3O. The summed E-state index contributed by atoms with van der Waals surface area (Å²) in [5.41, 5.74) is 1.29. The summed E-state index contributed by atoms with van der Waals surface area (Å²) in [7, 11) is 0. The molecule has 3 rings (SSSR count). The Labute approximate surface area is 119 Å². The zero-order chi connectivity index (χ0) is 13.8. The van der Waals surface area contributed by atoms with Crippen LogP contribution in [0.3, 0.4) is 0 Å². The summed E-state index contributed by atoms with van der Waals surface area (Å²) < 4.78 is 7.89. The number of ether oxygens (including phenoxy) is 1. The summed E-state index contributed by atoms with van der Waals surface area (Å²) >= 11 is 0. The quantitative estimate of drug-likeness (QED) is 0.850. The lowest BCUT2D eigenvalue weighted by molar-refractivity contribution is 0.188. The summed E-state index contributed by atoms with van der Waals surface area (Å²) in [5, 5.41) is 3.68. The van der Waals surface area contributed by atoms with Gasteiger partial charge in [0.1, 0.15) is 5.75 Å². The van der Waals surface area contributed by atoms with Gasteiger partial charge in [0.25, 0.3) is 0 Å². The smallest absolute Gasteiger partial charge is 0.124 e. The number of benzene rings is 1. The van der Waals surface area contributed by atoms with Gasteiger partial charge in [-0.3, -0.25) is 0 Å². The van der Waals surface area contributed by atoms with Crippen molar-refractivity contribution < 1.29 is 4.74 Å². The van der Waals surface area contributed by atoms with Crippen LogP contribution >= 0.6 is 0 Å². The highest BCUT2D eigenvalue weighted by atomic mass is 16.5. The number of nitrogens with zero attached hydrogens (tertiary/aromatic N) is 2. The minimum Gasteiger partial charge on any atom is -0.493 e. The van der Waals surface area contributed by atoms with E-state index in [2.05, 4.69) is 40.0 Å². The third kappa shape index (κ3) is 2.85. The van der Waals surface area contributed by atoms with Crippen LogP contribution in [0.4, 0.5) is 0 Å². The van der Waals surface area contributed by atoms with Gasteiger partial charge >= 0.3 is 0 Å². The molecule has 4 nitrogen and oxygen atoms in total. The Morgan fingerprint density at radius 3 is 3.15 bits per heavy atom. The first-order valence-electron chi connectivity index (χ1n) is 7.25. The van der Waals surface area contributed by atoms with Crippen LogP contribution in [-0.4, -0.2) is 22.7 Å². The van der Waals surface area contributed by atoms with Gasteiger partial charge in [-0.1, -0.05) is 25.1 Å². The van der Waals surface area contributed by atoms with Crippen LogP contribution in [0, 0.1) is 5.92 Å². The second kappa shape index (κ2) is 6.09. The molecule has 20 heavy (non-hydrogen) atoms. The van der Waals surface area contributed by atoms with E-state index in [9.17, 15) is 0 Å². The number of hydrogen-bond donors (Lipinski definition) is 1. The zero-order valence-electron chi connectivity index (χ0n) is 11.8. The molecule has 2 aromatic rings. The number of rotatable bonds is 5. The van der Waals surface area contributed by atoms with Crippen LogP contribution < -0.4 is 10.1 Å². The van der Waals surface area contributed by atoms with Crippen molar-refractivity contribution in [2.24, 2.45) is 5.92 Å².